The first-order valence-electron chi connectivity index (χ1n) is 6.06. The summed E-state index contributed by atoms with van der Waals surface area (Å²) in [5.41, 5.74) is 1.38. The average molecular weight is 264 g/mol. The number of fused-ring (bicyclic) bond motifs is 1. The lowest BCUT2D eigenvalue weighted by molar-refractivity contribution is -0.384. The van der Waals surface area contributed by atoms with Gasteiger partial charge in [0, 0.05) is 18.7 Å². The van der Waals surface area contributed by atoms with Crippen LogP contribution in [0.2, 0.25) is 0 Å². The number of hydrogen-bond acceptors (Lipinski definition) is 5. The van der Waals surface area contributed by atoms with Gasteiger partial charge in [-0.15, -0.1) is 0 Å². The van der Waals surface area contributed by atoms with Gasteiger partial charge in [0.25, 0.3) is 5.69 Å². The predicted octanol–water partition coefficient (Wildman–Crippen LogP) is 2.31. The van der Waals surface area contributed by atoms with Gasteiger partial charge in [0.2, 0.25) is 5.95 Å². The Kier molecular flexibility index (Phi) is 3.96. The fourth-order valence-corrected chi connectivity index (χ4v) is 1.66. The van der Waals surface area contributed by atoms with Crippen molar-refractivity contribution in [2.45, 2.75) is 20.0 Å². The molecule has 0 unspecified atom stereocenters. The molecular weight excluding hydrogens is 248 g/mol. The van der Waals surface area contributed by atoms with Crippen LogP contribution in [0.25, 0.3) is 11.0 Å². The summed E-state index contributed by atoms with van der Waals surface area (Å²) in [7, 11) is 0. The van der Waals surface area contributed by atoms with Crippen molar-refractivity contribution in [2.24, 2.45) is 0 Å². The Balaban J connectivity index is 2.03. The fourth-order valence-electron chi connectivity index (χ4n) is 1.66. The zero-order chi connectivity index (χ0) is 13.8. The minimum absolute atomic E-state index is 0.0471. The zero-order valence-corrected chi connectivity index (χ0v) is 10.8. The second-order valence-corrected chi connectivity index (χ2v) is 4.39. The lowest BCUT2D eigenvalue weighted by Gasteiger charge is -2.07. The van der Waals surface area contributed by atoms with E-state index in [9.17, 15) is 10.1 Å². The highest BCUT2D eigenvalue weighted by atomic mass is 16.6. The van der Waals surface area contributed by atoms with Crippen molar-refractivity contribution >= 4 is 22.7 Å². The van der Waals surface area contributed by atoms with Gasteiger partial charge in [0.05, 0.1) is 28.7 Å². The summed E-state index contributed by atoms with van der Waals surface area (Å²) < 4.78 is 5.39. The molecule has 2 rings (SSSR count). The molecule has 7 heteroatoms. The first-order valence-corrected chi connectivity index (χ1v) is 6.06. The summed E-state index contributed by atoms with van der Waals surface area (Å²) >= 11 is 0. The Morgan fingerprint density at radius 1 is 1.53 bits per heavy atom. The maximum absolute atomic E-state index is 10.7. The van der Waals surface area contributed by atoms with Gasteiger partial charge in [-0.2, -0.15) is 0 Å². The molecule has 0 aliphatic rings. The van der Waals surface area contributed by atoms with Gasteiger partial charge in [0.1, 0.15) is 0 Å². The highest BCUT2D eigenvalue weighted by molar-refractivity contribution is 5.79. The number of aromatic nitrogens is 2. The van der Waals surface area contributed by atoms with Gasteiger partial charge in [-0.05, 0) is 19.9 Å². The van der Waals surface area contributed by atoms with Crippen LogP contribution in [0.3, 0.4) is 0 Å². The Hall–Kier alpha value is -2.15. The first kappa shape index (κ1) is 13.3. The number of benzene rings is 1. The van der Waals surface area contributed by atoms with Gasteiger partial charge < -0.3 is 15.0 Å². The topological polar surface area (TPSA) is 93.1 Å². The molecular formula is C12H16N4O3. The van der Waals surface area contributed by atoms with Crippen molar-refractivity contribution in [1.82, 2.24) is 9.97 Å². The molecule has 0 aliphatic heterocycles. The van der Waals surface area contributed by atoms with Crippen LogP contribution in [-0.2, 0) is 4.74 Å². The van der Waals surface area contributed by atoms with Gasteiger partial charge in [-0.1, -0.05) is 0 Å². The molecule has 102 valence electrons. The lowest BCUT2D eigenvalue weighted by atomic mass is 10.3. The van der Waals surface area contributed by atoms with Crippen LogP contribution >= 0.6 is 0 Å². The van der Waals surface area contributed by atoms with E-state index in [1.165, 1.54) is 12.1 Å². The van der Waals surface area contributed by atoms with Gasteiger partial charge in [-0.25, -0.2) is 4.98 Å². The van der Waals surface area contributed by atoms with Gasteiger partial charge >= 0.3 is 0 Å². The molecule has 0 saturated heterocycles. The third kappa shape index (κ3) is 3.41. The average Bonchev–Trinajstić information content (AvgIpc) is 2.75. The molecule has 0 fully saturated rings. The molecule has 0 bridgehead atoms. The summed E-state index contributed by atoms with van der Waals surface area (Å²) in [6, 6.07) is 4.53. The van der Waals surface area contributed by atoms with E-state index < -0.39 is 4.92 Å². The second-order valence-electron chi connectivity index (χ2n) is 4.39. The monoisotopic (exact) mass is 264 g/mol. The summed E-state index contributed by atoms with van der Waals surface area (Å²) in [5.74, 6) is 0.586. The minimum atomic E-state index is -0.427. The van der Waals surface area contributed by atoms with Crippen molar-refractivity contribution in [2.75, 3.05) is 18.5 Å². The van der Waals surface area contributed by atoms with Crippen molar-refractivity contribution in [3.8, 4) is 0 Å². The van der Waals surface area contributed by atoms with E-state index in [1.54, 1.807) is 6.07 Å². The molecule has 2 aromatic rings. The number of rotatable bonds is 6. The largest absolute Gasteiger partial charge is 0.377 e. The van der Waals surface area contributed by atoms with Crippen molar-refractivity contribution in [3.63, 3.8) is 0 Å². The van der Waals surface area contributed by atoms with Crippen LogP contribution in [0.15, 0.2) is 18.2 Å². The quantitative estimate of drug-likeness (QED) is 0.474. The number of imidazole rings is 1. The number of non-ortho nitro benzene ring substituents is 1. The number of H-pyrrole nitrogens is 1. The predicted molar refractivity (Wildman–Crippen MR) is 72.3 cm³/mol. The normalized spacial score (nSPS) is 11.1. The van der Waals surface area contributed by atoms with Crippen molar-refractivity contribution in [3.05, 3.63) is 28.3 Å². The first-order chi connectivity index (χ1) is 9.06. The van der Waals surface area contributed by atoms with Gasteiger partial charge in [-0.3, -0.25) is 10.1 Å². The maximum Gasteiger partial charge on any atom is 0.271 e. The molecule has 0 spiro atoms. The van der Waals surface area contributed by atoms with E-state index in [1.807, 2.05) is 13.8 Å². The molecule has 1 aromatic carbocycles. The number of nitrogens with zero attached hydrogens (tertiary/aromatic N) is 2. The second kappa shape index (κ2) is 5.66. The molecule has 7 nitrogen and oxygen atoms in total. The molecule has 0 amide bonds. The summed E-state index contributed by atoms with van der Waals surface area (Å²) in [5, 5.41) is 13.7. The van der Waals surface area contributed by atoms with Crippen LogP contribution in [0.1, 0.15) is 13.8 Å². The molecule has 0 aliphatic carbocycles. The summed E-state index contributed by atoms with van der Waals surface area (Å²) in [4.78, 5) is 17.5. The molecule has 1 heterocycles. The van der Waals surface area contributed by atoms with Crippen LogP contribution < -0.4 is 5.32 Å². The van der Waals surface area contributed by atoms with E-state index in [0.29, 0.717) is 30.1 Å². The molecule has 2 N–H and O–H groups in total. The third-order valence-electron chi connectivity index (χ3n) is 2.52. The smallest absolute Gasteiger partial charge is 0.271 e. The molecule has 0 saturated carbocycles. The summed E-state index contributed by atoms with van der Waals surface area (Å²) in [6.07, 6.45) is 0.195. The van der Waals surface area contributed by atoms with Crippen molar-refractivity contribution < 1.29 is 9.66 Å². The van der Waals surface area contributed by atoms with E-state index in [4.69, 9.17) is 4.74 Å². The number of hydrogen-bond donors (Lipinski definition) is 2. The van der Waals surface area contributed by atoms with E-state index in [-0.39, 0.29) is 11.8 Å². The zero-order valence-electron chi connectivity index (χ0n) is 10.8. The Bertz CT molecular complexity index is 579. The lowest BCUT2D eigenvalue weighted by Crippen LogP contribution is -2.13. The molecule has 0 radical (unpaired) electrons. The number of aromatic amines is 1. The highest BCUT2D eigenvalue weighted by Crippen LogP contribution is 2.20. The van der Waals surface area contributed by atoms with Crippen LogP contribution in [0, 0.1) is 10.1 Å². The van der Waals surface area contributed by atoms with E-state index in [0.717, 1.165) is 0 Å². The van der Waals surface area contributed by atoms with Crippen LogP contribution in [0.4, 0.5) is 11.6 Å². The number of ether oxygens (including phenoxy) is 1. The molecule has 19 heavy (non-hydrogen) atoms. The maximum atomic E-state index is 10.7. The molecule has 0 atom stereocenters. The van der Waals surface area contributed by atoms with Crippen molar-refractivity contribution in [1.29, 1.82) is 0 Å². The third-order valence-corrected chi connectivity index (χ3v) is 2.52. The Morgan fingerprint density at radius 3 is 3.00 bits per heavy atom. The number of nitro benzene ring substituents is 1. The number of anilines is 1. The standard InChI is InChI=1S/C12H16N4O3/c1-8(2)19-6-5-13-12-14-10-4-3-9(16(17)18)7-11(10)15-12/h3-4,7-8H,5-6H2,1-2H3,(H2,13,14,15). The fraction of sp³-hybridized carbons (Fsp3) is 0.417. The number of nitrogens with one attached hydrogen (secondary N) is 2. The van der Waals surface area contributed by atoms with Crippen LogP contribution in [0.5, 0.6) is 0 Å². The highest BCUT2D eigenvalue weighted by Gasteiger charge is 2.09. The summed E-state index contributed by atoms with van der Waals surface area (Å²) in [6.45, 7) is 5.15. The van der Waals surface area contributed by atoms with E-state index in [2.05, 4.69) is 15.3 Å². The van der Waals surface area contributed by atoms with Crippen LogP contribution in [-0.4, -0.2) is 34.1 Å². The van der Waals surface area contributed by atoms with Gasteiger partial charge in [0.15, 0.2) is 0 Å². The minimum Gasteiger partial charge on any atom is -0.377 e. The Labute approximate surface area is 110 Å². The molecule has 1 aromatic heterocycles. The Morgan fingerprint density at radius 2 is 2.32 bits per heavy atom. The SMILES string of the molecule is CC(C)OCCNc1nc2ccc([N+](=O)[O-])cc2[nH]1. The number of nitro groups is 1. The van der Waals surface area contributed by atoms with E-state index >= 15 is 0 Å².